The Morgan fingerprint density at radius 1 is 1.72 bits per heavy atom. The molecule has 0 spiro atoms. The number of carbonyl (C=O) groups is 1. The van der Waals surface area contributed by atoms with Crippen LogP contribution >= 0.6 is 11.6 Å². The molecule has 1 saturated heterocycles. The Morgan fingerprint density at radius 3 is 2.94 bits per heavy atom. The lowest BCUT2D eigenvalue weighted by molar-refractivity contribution is -0.122. The van der Waals surface area contributed by atoms with Gasteiger partial charge in [0.1, 0.15) is 11.0 Å². The second-order valence-corrected chi connectivity index (χ2v) is 4.88. The number of primary amides is 1. The zero-order valence-corrected chi connectivity index (χ0v) is 11.2. The minimum absolute atomic E-state index is 0.0400. The smallest absolute Gasteiger partial charge is 0.234 e. The number of ether oxygens (including phenoxy) is 1. The van der Waals surface area contributed by atoms with E-state index in [9.17, 15) is 4.79 Å². The SMILES string of the molecule is CO[C@H]1C[C@@H](C(N)=O)N(Cc2ncc(Cl)n2C)C1. The van der Waals surface area contributed by atoms with E-state index in [-0.39, 0.29) is 18.1 Å². The lowest BCUT2D eigenvalue weighted by Crippen LogP contribution is -2.40. The van der Waals surface area contributed by atoms with Crippen LogP contribution in [0, 0.1) is 0 Å². The molecule has 0 aromatic carbocycles. The van der Waals surface area contributed by atoms with Crippen LogP contribution in [0.3, 0.4) is 0 Å². The molecule has 2 heterocycles. The van der Waals surface area contributed by atoms with E-state index in [1.165, 1.54) is 0 Å². The monoisotopic (exact) mass is 272 g/mol. The van der Waals surface area contributed by atoms with Crippen molar-refractivity contribution in [2.75, 3.05) is 13.7 Å². The maximum absolute atomic E-state index is 11.4. The van der Waals surface area contributed by atoms with Gasteiger partial charge in [-0.1, -0.05) is 11.6 Å². The molecular weight excluding hydrogens is 256 g/mol. The van der Waals surface area contributed by atoms with Gasteiger partial charge in [-0.25, -0.2) is 4.98 Å². The Bertz CT molecular complexity index is 448. The zero-order valence-electron chi connectivity index (χ0n) is 10.5. The fourth-order valence-corrected chi connectivity index (χ4v) is 2.40. The van der Waals surface area contributed by atoms with Gasteiger partial charge in [0.05, 0.1) is 24.9 Å². The van der Waals surface area contributed by atoms with E-state index in [4.69, 9.17) is 22.1 Å². The number of aromatic nitrogens is 2. The molecule has 1 aromatic heterocycles. The van der Waals surface area contributed by atoms with Gasteiger partial charge in [-0.05, 0) is 6.42 Å². The lowest BCUT2D eigenvalue weighted by atomic mass is 10.2. The van der Waals surface area contributed by atoms with Crippen molar-refractivity contribution < 1.29 is 9.53 Å². The molecule has 0 aliphatic carbocycles. The third-order valence-corrected chi connectivity index (χ3v) is 3.75. The highest BCUT2D eigenvalue weighted by molar-refractivity contribution is 6.29. The molecule has 0 bridgehead atoms. The summed E-state index contributed by atoms with van der Waals surface area (Å²) in [4.78, 5) is 17.6. The second-order valence-electron chi connectivity index (χ2n) is 4.50. The third-order valence-electron chi connectivity index (χ3n) is 3.40. The Labute approximate surface area is 111 Å². The predicted octanol–water partition coefficient (Wildman–Crippen LogP) is 0.148. The lowest BCUT2D eigenvalue weighted by Gasteiger charge is -2.20. The quantitative estimate of drug-likeness (QED) is 0.847. The summed E-state index contributed by atoms with van der Waals surface area (Å²) in [5.41, 5.74) is 5.41. The molecule has 2 atom stereocenters. The fraction of sp³-hybridized carbons (Fsp3) is 0.636. The molecule has 7 heteroatoms. The molecule has 100 valence electrons. The first-order chi connectivity index (χ1) is 8.52. The summed E-state index contributed by atoms with van der Waals surface area (Å²) >= 11 is 5.94. The Hall–Kier alpha value is -1.11. The highest BCUT2D eigenvalue weighted by Crippen LogP contribution is 2.22. The van der Waals surface area contributed by atoms with E-state index in [0.717, 1.165) is 5.82 Å². The Morgan fingerprint density at radius 2 is 2.44 bits per heavy atom. The largest absolute Gasteiger partial charge is 0.380 e. The number of hydrogen-bond acceptors (Lipinski definition) is 4. The van der Waals surface area contributed by atoms with Crippen molar-refractivity contribution in [3.05, 3.63) is 17.2 Å². The van der Waals surface area contributed by atoms with Crippen LogP contribution in [-0.4, -0.2) is 46.2 Å². The number of halogens is 1. The molecule has 1 fully saturated rings. The van der Waals surface area contributed by atoms with Crippen molar-refractivity contribution in [2.24, 2.45) is 12.8 Å². The fourth-order valence-electron chi connectivity index (χ4n) is 2.26. The van der Waals surface area contributed by atoms with E-state index in [2.05, 4.69) is 4.98 Å². The Kier molecular flexibility index (Phi) is 3.89. The standard InChI is InChI=1S/C11H17ClN4O2/c1-15-9(12)4-14-10(15)6-16-5-7(18-2)3-8(16)11(13)17/h4,7-8H,3,5-6H2,1-2H3,(H2,13,17)/t7-,8-/m0/s1. The van der Waals surface area contributed by atoms with Gasteiger partial charge in [0.25, 0.3) is 0 Å². The number of amides is 1. The summed E-state index contributed by atoms with van der Waals surface area (Å²) in [5, 5.41) is 0.572. The maximum Gasteiger partial charge on any atom is 0.234 e. The molecular formula is C11H17ClN4O2. The molecule has 0 unspecified atom stereocenters. The number of rotatable bonds is 4. The maximum atomic E-state index is 11.4. The van der Waals surface area contributed by atoms with Crippen molar-refractivity contribution in [1.29, 1.82) is 0 Å². The summed E-state index contributed by atoms with van der Waals surface area (Å²) in [5.74, 6) is 0.484. The number of carbonyl (C=O) groups excluding carboxylic acids is 1. The van der Waals surface area contributed by atoms with Crippen molar-refractivity contribution in [1.82, 2.24) is 14.5 Å². The number of imidazole rings is 1. The molecule has 2 N–H and O–H groups in total. The van der Waals surface area contributed by atoms with E-state index in [1.807, 2.05) is 11.9 Å². The average Bonchev–Trinajstić information content (AvgIpc) is 2.88. The first-order valence-electron chi connectivity index (χ1n) is 5.75. The third kappa shape index (κ3) is 2.50. The Balaban J connectivity index is 2.12. The predicted molar refractivity (Wildman–Crippen MR) is 67.0 cm³/mol. The minimum Gasteiger partial charge on any atom is -0.380 e. The molecule has 6 nitrogen and oxygen atoms in total. The van der Waals surface area contributed by atoms with Crippen LogP contribution in [0.5, 0.6) is 0 Å². The summed E-state index contributed by atoms with van der Waals surface area (Å²) in [6.07, 6.45) is 2.27. The van der Waals surface area contributed by atoms with Gasteiger partial charge in [0.2, 0.25) is 5.91 Å². The van der Waals surface area contributed by atoms with Crippen molar-refractivity contribution in [3.63, 3.8) is 0 Å². The second kappa shape index (κ2) is 5.26. The topological polar surface area (TPSA) is 73.4 Å². The van der Waals surface area contributed by atoms with Crippen LogP contribution < -0.4 is 5.73 Å². The van der Waals surface area contributed by atoms with Gasteiger partial charge in [0.15, 0.2) is 0 Å². The van der Waals surface area contributed by atoms with Crippen molar-refractivity contribution in [3.8, 4) is 0 Å². The van der Waals surface area contributed by atoms with Crippen LogP contribution in [0.15, 0.2) is 6.20 Å². The average molecular weight is 273 g/mol. The van der Waals surface area contributed by atoms with Crippen LogP contribution in [0.25, 0.3) is 0 Å². The first kappa shape index (κ1) is 13.3. The highest BCUT2D eigenvalue weighted by atomic mass is 35.5. The van der Waals surface area contributed by atoms with E-state index >= 15 is 0 Å². The van der Waals surface area contributed by atoms with Gasteiger partial charge in [-0.3, -0.25) is 9.69 Å². The zero-order chi connectivity index (χ0) is 13.3. The van der Waals surface area contributed by atoms with Crippen molar-refractivity contribution in [2.45, 2.75) is 25.1 Å². The van der Waals surface area contributed by atoms with E-state index in [0.29, 0.717) is 24.7 Å². The summed E-state index contributed by atoms with van der Waals surface area (Å²) in [6, 6.07) is -0.301. The summed E-state index contributed by atoms with van der Waals surface area (Å²) in [7, 11) is 3.48. The number of likely N-dealkylation sites (tertiary alicyclic amines) is 1. The molecule has 0 saturated carbocycles. The van der Waals surface area contributed by atoms with Crippen LogP contribution in [0.4, 0.5) is 0 Å². The highest BCUT2D eigenvalue weighted by Gasteiger charge is 2.36. The van der Waals surface area contributed by atoms with Gasteiger partial charge < -0.3 is 15.0 Å². The minimum atomic E-state index is -0.324. The molecule has 1 aliphatic rings. The summed E-state index contributed by atoms with van der Waals surface area (Å²) < 4.78 is 7.08. The number of methoxy groups -OCH3 is 1. The van der Waals surface area contributed by atoms with E-state index in [1.54, 1.807) is 17.9 Å². The number of nitrogens with zero attached hydrogens (tertiary/aromatic N) is 3. The van der Waals surface area contributed by atoms with Gasteiger partial charge in [0, 0.05) is 20.7 Å². The number of hydrogen-bond donors (Lipinski definition) is 1. The molecule has 2 rings (SSSR count). The van der Waals surface area contributed by atoms with Gasteiger partial charge in [-0.15, -0.1) is 0 Å². The van der Waals surface area contributed by atoms with Crippen molar-refractivity contribution >= 4 is 17.5 Å². The number of nitrogens with two attached hydrogens (primary N) is 1. The molecule has 1 amide bonds. The van der Waals surface area contributed by atoms with Gasteiger partial charge in [-0.2, -0.15) is 0 Å². The first-order valence-corrected chi connectivity index (χ1v) is 6.13. The molecule has 1 aliphatic heterocycles. The summed E-state index contributed by atoms with van der Waals surface area (Å²) in [6.45, 7) is 1.21. The molecule has 18 heavy (non-hydrogen) atoms. The van der Waals surface area contributed by atoms with Crippen LogP contribution in [0.1, 0.15) is 12.2 Å². The molecule has 1 aromatic rings. The van der Waals surface area contributed by atoms with Crippen LogP contribution in [0.2, 0.25) is 5.15 Å². The van der Waals surface area contributed by atoms with Crippen LogP contribution in [-0.2, 0) is 23.1 Å². The van der Waals surface area contributed by atoms with E-state index < -0.39 is 0 Å². The normalized spacial score (nSPS) is 24.6. The van der Waals surface area contributed by atoms with Gasteiger partial charge >= 0.3 is 0 Å². The molecule has 0 radical (unpaired) electrons.